The van der Waals surface area contributed by atoms with E-state index in [1.165, 1.54) is 0 Å². The SMILES string of the molecule is CCOC(=O)c1sc(NC(=O)CCc2c(C)nc(C)[nH]c2=O)nc1C. The Morgan fingerprint density at radius 1 is 1.20 bits per heavy atom. The van der Waals surface area contributed by atoms with Gasteiger partial charge in [0.15, 0.2) is 5.13 Å². The van der Waals surface area contributed by atoms with Crippen LogP contribution in [-0.2, 0) is 16.0 Å². The number of rotatable bonds is 6. The number of esters is 1. The predicted molar refractivity (Wildman–Crippen MR) is 94.1 cm³/mol. The largest absolute Gasteiger partial charge is 0.462 e. The summed E-state index contributed by atoms with van der Waals surface area (Å²) in [6, 6.07) is 0. The summed E-state index contributed by atoms with van der Waals surface area (Å²) in [5.74, 6) is -0.199. The highest BCUT2D eigenvalue weighted by atomic mass is 32.1. The van der Waals surface area contributed by atoms with E-state index in [0.29, 0.717) is 32.8 Å². The molecule has 25 heavy (non-hydrogen) atoms. The Labute approximate surface area is 148 Å². The van der Waals surface area contributed by atoms with E-state index in [9.17, 15) is 14.4 Å². The molecule has 2 N–H and O–H groups in total. The molecule has 0 saturated carbocycles. The van der Waals surface area contributed by atoms with Gasteiger partial charge in [-0.2, -0.15) is 0 Å². The smallest absolute Gasteiger partial charge is 0.350 e. The number of aromatic amines is 1. The lowest BCUT2D eigenvalue weighted by atomic mass is 10.1. The number of ether oxygens (including phenoxy) is 1. The van der Waals surface area contributed by atoms with Crippen molar-refractivity contribution in [3.05, 3.63) is 38.0 Å². The summed E-state index contributed by atoms with van der Waals surface area (Å²) in [6.45, 7) is 7.12. The van der Waals surface area contributed by atoms with Crippen molar-refractivity contribution in [2.24, 2.45) is 0 Å². The van der Waals surface area contributed by atoms with Crippen molar-refractivity contribution in [1.29, 1.82) is 0 Å². The molecular weight excluding hydrogens is 344 g/mol. The summed E-state index contributed by atoms with van der Waals surface area (Å²) in [5.41, 5.74) is 1.38. The van der Waals surface area contributed by atoms with Crippen LogP contribution in [0.25, 0.3) is 0 Å². The van der Waals surface area contributed by atoms with Crippen molar-refractivity contribution in [2.45, 2.75) is 40.5 Å². The van der Waals surface area contributed by atoms with Gasteiger partial charge < -0.3 is 15.0 Å². The third-order valence-corrected chi connectivity index (χ3v) is 4.50. The fourth-order valence-electron chi connectivity index (χ4n) is 2.30. The lowest BCUT2D eigenvalue weighted by Crippen LogP contribution is -2.20. The number of thiazole rings is 1. The second-order valence-corrected chi connectivity index (χ2v) is 6.42. The van der Waals surface area contributed by atoms with Crippen LogP contribution in [0.2, 0.25) is 0 Å². The molecule has 0 saturated heterocycles. The number of carbonyl (C=O) groups excluding carboxylic acids is 2. The number of aromatic nitrogens is 3. The Bertz CT molecular complexity index is 856. The molecule has 0 atom stereocenters. The van der Waals surface area contributed by atoms with Gasteiger partial charge in [-0.3, -0.25) is 9.59 Å². The summed E-state index contributed by atoms with van der Waals surface area (Å²) >= 11 is 1.07. The number of carbonyl (C=O) groups is 2. The first-order valence-electron chi connectivity index (χ1n) is 7.82. The zero-order chi connectivity index (χ0) is 18.6. The number of amides is 1. The third-order valence-electron chi connectivity index (χ3n) is 3.45. The van der Waals surface area contributed by atoms with Crippen LogP contribution in [0.3, 0.4) is 0 Å². The van der Waals surface area contributed by atoms with Crippen molar-refractivity contribution in [3.8, 4) is 0 Å². The van der Waals surface area contributed by atoms with E-state index < -0.39 is 5.97 Å². The number of H-pyrrole nitrogens is 1. The van der Waals surface area contributed by atoms with E-state index in [0.717, 1.165) is 11.3 Å². The van der Waals surface area contributed by atoms with E-state index >= 15 is 0 Å². The average molecular weight is 364 g/mol. The van der Waals surface area contributed by atoms with Crippen molar-refractivity contribution >= 4 is 28.3 Å². The van der Waals surface area contributed by atoms with Crippen LogP contribution in [0, 0.1) is 20.8 Å². The molecule has 0 aliphatic carbocycles. The van der Waals surface area contributed by atoms with Gasteiger partial charge in [0.25, 0.3) is 5.56 Å². The van der Waals surface area contributed by atoms with Crippen LogP contribution in [-0.4, -0.2) is 33.4 Å². The summed E-state index contributed by atoms with van der Waals surface area (Å²) in [4.78, 5) is 47.1. The lowest BCUT2D eigenvalue weighted by molar-refractivity contribution is -0.116. The number of hydrogen-bond donors (Lipinski definition) is 2. The van der Waals surface area contributed by atoms with Crippen LogP contribution < -0.4 is 10.9 Å². The number of aryl methyl sites for hydroxylation is 3. The number of hydrogen-bond acceptors (Lipinski definition) is 7. The maximum absolute atomic E-state index is 12.1. The highest BCUT2D eigenvalue weighted by Gasteiger charge is 2.18. The minimum absolute atomic E-state index is 0.113. The first-order chi connectivity index (χ1) is 11.8. The van der Waals surface area contributed by atoms with Crippen LogP contribution in [0.1, 0.15) is 45.8 Å². The van der Waals surface area contributed by atoms with E-state index in [-0.39, 0.29) is 30.9 Å². The third kappa shape index (κ3) is 4.72. The molecule has 0 aliphatic rings. The van der Waals surface area contributed by atoms with Gasteiger partial charge in [-0.05, 0) is 34.1 Å². The molecule has 9 heteroatoms. The van der Waals surface area contributed by atoms with E-state index in [1.807, 2.05) is 0 Å². The summed E-state index contributed by atoms with van der Waals surface area (Å²) in [5, 5.41) is 2.98. The maximum atomic E-state index is 12.1. The normalized spacial score (nSPS) is 10.6. The molecule has 0 aromatic carbocycles. The van der Waals surface area contributed by atoms with E-state index in [2.05, 4.69) is 20.3 Å². The molecule has 0 fully saturated rings. The Kier molecular flexibility index (Phi) is 6.02. The maximum Gasteiger partial charge on any atom is 0.350 e. The molecule has 2 rings (SSSR count). The van der Waals surface area contributed by atoms with Crippen LogP contribution in [0.4, 0.5) is 5.13 Å². The summed E-state index contributed by atoms with van der Waals surface area (Å²) < 4.78 is 4.94. The monoisotopic (exact) mass is 364 g/mol. The number of nitrogens with one attached hydrogen (secondary N) is 2. The molecular formula is C16H20N4O4S. The molecule has 0 bridgehead atoms. The van der Waals surface area contributed by atoms with Crippen molar-refractivity contribution in [1.82, 2.24) is 15.0 Å². The quantitative estimate of drug-likeness (QED) is 0.757. The first-order valence-corrected chi connectivity index (χ1v) is 8.64. The highest BCUT2D eigenvalue weighted by Crippen LogP contribution is 2.23. The van der Waals surface area contributed by atoms with Gasteiger partial charge in [-0.25, -0.2) is 14.8 Å². The highest BCUT2D eigenvalue weighted by molar-refractivity contribution is 7.17. The molecule has 0 unspecified atom stereocenters. The topological polar surface area (TPSA) is 114 Å². The number of nitrogens with zero attached hydrogens (tertiary/aromatic N) is 2. The molecule has 8 nitrogen and oxygen atoms in total. The van der Waals surface area contributed by atoms with Gasteiger partial charge >= 0.3 is 5.97 Å². The van der Waals surface area contributed by atoms with Crippen LogP contribution in [0.5, 0.6) is 0 Å². The molecule has 0 radical (unpaired) electrons. The Balaban J connectivity index is 2.01. The zero-order valence-corrected chi connectivity index (χ0v) is 15.4. The minimum atomic E-state index is -0.453. The first kappa shape index (κ1) is 18.8. The van der Waals surface area contributed by atoms with Crippen molar-refractivity contribution in [2.75, 3.05) is 11.9 Å². The fraction of sp³-hybridized carbons (Fsp3) is 0.438. The van der Waals surface area contributed by atoms with Crippen molar-refractivity contribution < 1.29 is 14.3 Å². The van der Waals surface area contributed by atoms with Gasteiger partial charge in [-0.15, -0.1) is 0 Å². The van der Waals surface area contributed by atoms with E-state index in [4.69, 9.17) is 4.74 Å². The van der Waals surface area contributed by atoms with Gasteiger partial charge in [0, 0.05) is 17.7 Å². The summed E-state index contributed by atoms with van der Waals surface area (Å²) in [6.07, 6.45) is 0.386. The second-order valence-electron chi connectivity index (χ2n) is 5.42. The van der Waals surface area contributed by atoms with Crippen LogP contribution in [0.15, 0.2) is 4.79 Å². The van der Waals surface area contributed by atoms with Crippen LogP contribution >= 0.6 is 11.3 Å². The molecule has 0 spiro atoms. The minimum Gasteiger partial charge on any atom is -0.462 e. The lowest BCUT2D eigenvalue weighted by Gasteiger charge is -2.05. The molecule has 0 aliphatic heterocycles. The molecule has 2 heterocycles. The number of anilines is 1. The van der Waals surface area contributed by atoms with Gasteiger partial charge in [0.1, 0.15) is 10.7 Å². The fourth-order valence-corrected chi connectivity index (χ4v) is 3.18. The van der Waals surface area contributed by atoms with Crippen molar-refractivity contribution in [3.63, 3.8) is 0 Å². The van der Waals surface area contributed by atoms with Gasteiger partial charge in [0.2, 0.25) is 5.91 Å². The zero-order valence-electron chi connectivity index (χ0n) is 14.6. The Morgan fingerprint density at radius 2 is 1.92 bits per heavy atom. The molecule has 134 valence electrons. The summed E-state index contributed by atoms with van der Waals surface area (Å²) in [7, 11) is 0. The van der Waals surface area contributed by atoms with E-state index in [1.54, 1.807) is 27.7 Å². The predicted octanol–water partition coefficient (Wildman–Crippen LogP) is 1.90. The second kappa shape index (κ2) is 8.02. The molecule has 2 aromatic rings. The molecule has 1 amide bonds. The Hall–Kier alpha value is -2.55. The van der Waals surface area contributed by atoms with Gasteiger partial charge in [-0.1, -0.05) is 11.3 Å². The standard InChI is InChI=1S/C16H20N4O4S/c1-5-24-15(23)13-9(3)18-16(25-13)20-12(21)7-6-11-8(2)17-10(4)19-14(11)22/h5-7H2,1-4H3,(H,17,19,22)(H,18,20,21). The average Bonchev–Trinajstić information content (AvgIpc) is 2.86. The molecule has 2 aromatic heterocycles. The van der Waals surface area contributed by atoms with Gasteiger partial charge in [0.05, 0.1) is 12.3 Å². The Morgan fingerprint density at radius 3 is 2.56 bits per heavy atom.